The molecule has 1 aromatic heterocycles. The maximum Gasteiger partial charge on any atom is 0.231 e. The van der Waals surface area contributed by atoms with Crippen LogP contribution in [0.1, 0.15) is 22.5 Å². The number of nitrogens with zero attached hydrogens (tertiary/aromatic N) is 2. The Morgan fingerprint density at radius 1 is 1.04 bits per heavy atom. The highest BCUT2D eigenvalue weighted by molar-refractivity contribution is 7.09. The Hall–Kier alpha value is -2.60. The van der Waals surface area contributed by atoms with Gasteiger partial charge in [0.1, 0.15) is 5.82 Å². The van der Waals surface area contributed by atoms with Gasteiger partial charge in [-0.25, -0.2) is 4.98 Å². The predicted octanol–water partition coefficient (Wildman–Crippen LogP) is 3.78. The second-order valence-electron chi connectivity index (χ2n) is 5.72. The second-order valence-corrected chi connectivity index (χ2v) is 6.47. The molecule has 1 aliphatic heterocycles. The molecule has 0 radical (unpaired) electrons. The van der Waals surface area contributed by atoms with E-state index in [1.165, 1.54) is 22.7 Å². The Bertz CT molecular complexity index is 846. The molecular weight excluding hydrogens is 322 g/mol. The molecule has 122 valence electrons. The van der Waals surface area contributed by atoms with Crippen LogP contribution in [0.25, 0.3) is 0 Å². The molecule has 1 aliphatic rings. The quantitative estimate of drug-likeness (QED) is 0.767. The lowest BCUT2D eigenvalue weighted by molar-refractivity contribution is 0.174. The Morgan fingerprint density at radius 3 is 2.71 bits per heavy atom. The van der Waals surface area contributed by atoms with Crippen molar-refractivity contribution in [3.8, 4) is 11.5 Å². The number of benzene rings is 2. The first kappa shape index (κ1) is 15.0. The van der Waals surface area contributed by atoms with Crippen LogP contribution in [0.2, 0.25) is 0 Å². The first-order valence-corrected chi connectivity index (χ1v) is 8.54. The van der Waals surface area contributed by atoms with E-state index in [1.807, 2.05) is 18.2 Å². The van der Waals surface area contributed by atoms with Crippen molar-refractivity contribution in [1.82, 2.24) is 9.36 Å². The van der Waals surface area contributed by atoms with Gasteiger partial charge >= 0.3 is 0 Å². The maximum absolute atomic E-state index is 5.39. The van der Waals surface area contributed by atoms with Gasteiger partial charge in [-0.2, -0.15) is 4.37 Å². The molecule has 0 aliphatic carbocycles. The molecule has 0 saturated heterocycles. The Kier molecular flexibility index (Phi) is 4.04. The normalized spacial score (nSPS) is 12.4. The topological polar surface area (TPSA) is 56.3 Å². The molecule has 0 bridgehead atoms. The van der Waals surface area contributed by atoms with Gasteiger partial charge in [0, 0.05) is 24.5 Å². The summed E-state index contributed by atoms with van der Waals surface area (Å²) in [7, 11) is 0. The molecule has 4 rings (SSSR count). The molecule has 0 unspecified atom stereocenters. The van der Waals surface area contributed by atoms with Gasteiger partial charge in [-0.15, -0.1) is 0 Å². The van der Waals surface area contributed by atoms with Crippen molar-refractivity contribution in [3.05, 3.63) is 65.0 Å². The molecule has 2 heterocycles. The van der Waals surface area contributed by atoms with Crippen LogP contribution in [0.15, 0.2) is 42.5 Å². The fraction of sp³-hybridized carbons (Fsp3) is 0.222. The summed E-state index contributed by atoms with van der Waals surface area (Å²) in [6.45, 7) is 3.06. The minimum Gasteiger partial charge on any atom is -0.454 e. The van der Waals surface area contributed by atoms with Crippen LogP contribution in [-0.4, -0.2) is 16.2 Å². The monoisotopic (exact) mass is 339 g/mol. The van der Waals surface area contributed by atoms with Crippen LogP contribution in [0.5, 0.6) is 11.5 Å². The fourth-order valence-electron chi connectivity index (χ4n) is 2.51. The summed E-state index contributed by atoms with van der Waals surface area (Å²) in [5, 5.41) is 4.14. The van der Waals surface area contributed by atoms with E-state index in [2.05, 4.69) is 45.9 Å². The summed E-state index contributed by atoms with van der Waals surface area (Å²) < 4.78 is 15.1. The van der Waals surface area contributed by atoms with E-state index in [0.717, 1.165) is 34.4 Å². The van der Waals surface area contributed by atoms with E-state index >= 15 is 0 Å². The van der Waals surface area contributed by atoms with Crippen molar-refractivity contribution in [3.63, 3.8) is 0 Å². The van der Waals surface area contributed by atoms with Crippen LogP contribution < -0.4 is 14.8 Å². The zero-order chi connectivity index (χ0) is 16.4. The van der Waals surface area contributed by atoms with Crippen LogP contribution in [-0.2, 0) is 13.0 Å². The highest BCUT2D eigenvalue weighted by atomic mass is 32.1. The Labute approximate surface area is 144 Å². The minimum atomic E-state index is 0.297. The summed E-state index contributed by atoms with van der Waals surface area (Å²) in [6.07, 6.45) is 0.752. The van der Waals surface area contributed by atoms with Gasteiger partial charge in [-0.05, 0) is 30.2 Å². The first-order valence-electron chi connectivity index (χ1n) is 7.77. The second kappa shape index (κ2) is 6.49. The number of aromatic nitrogens is 2. The largest absolute Gasteiger partial charge is 0.454 e. The number of hydrogen-bond acceptors (Lipinski definition) is 6. The lowest BCUT2D eigenvalue weighted by Gasteiger charge is -2.03. The van der Waals surface area contributed by atoms with Gasteiger partial charge in [-0.1, -0.05) is 35.9 Å². The van der Waals surface area contributed by atoms with Gasteiger partial charge < -0.3 is 14.8 Å². The predicted molar refractivity (Wildman–Crippen MR) is 93.8 cm³/mol. The van der Waals surface area contributed by atoms with Gasteiger partial charge in [0.05, 0.1) is 0 Å². The number of aryl methyl sites for hydroxylation is 1. The van der Waals surface area contributed by atoms with Gasteiger partial charge in [0.25, 0.3) is 0 Å². The summed E-state index contributed by atoms with van der Waals surface area (Å²) in [6, 6.07) is 14.4. The number of nitrogens with one attached hydrogen (secondary N) is 1. The van der Waals surface area contributed by atoms with E-state index in [4.69, 9.17) is 9.47 Å². The maximum atomic E-state index is 5.39. The van der Waals surface area contributed by atoms with Crippen molar-refractivity contribution in [2.45, 2.75) is 19.9 Å². The summed E-state index contributed by atoms with van der Waals surface area (Å²) in [4.78, 5) is 4.56. The van der Waals surface area contributed by atoms with Crippen LogP contribution in [0, 0.1) is 6.92 Å². The van der Waals surface area contributed by atoms with E-state index in [-0.39, 0.29) is 0 Å². The average molecular weight is 339 g/mol. The van der Waals surface area contributed by atoms with E-state index in [0.29, 0.717) is 13.3 Å². The van der Waals surface area contributed by atoms with Crippen molar-refractivity contribution in [2.24, 2.45) is 0 Å². The number of hydrogen-bond donors (Lipinski definition) is 1. The molecule has 5 nitrogen and oxygen atoms in total. The molecule has 0 amide bonds. The zero-order valence-electron chi connectivity index (χ0n) is 13.3. The van der Waals surface area contributed by atoms with Gasteiger partial charge in [0.15, 0.2) is 11.5 Å². The molecule has 24 heavy (non-hydrogen) atoms. The third-order valence-electron chi connectivity index (χ3n) is 3.83. The highest BCUT2D eigenvalue weighted by Crippen LogP contribution is 2.32. The van der Waals surface area contributed by atoms with Crippen LogP contribution >= 0.6 is 11.5 Å². The molecule has 2 aromatic carbocycles. The SMILES string of the molecule is Cc1ccc(Cc2nsc(NCc3ccc4c(c3)OCO4)n2)cc1. The third kappa shape index (κ3) is 3.33. The summed E-state index contributed by atoms with van der Waals surface area (Å²) >= 11 is 1.39. The number of rotatable bonds is 5. The molecule has 0 spiro atoms. The van der Waals surface area contributed by atoms with Crippen molar-refractivity contribution < 1.29 is 9.47 Å². The van der Waals surface area contributed by atoms with Gasteiger partial charge in [-0.3, -0.25) is 0 Å². The third-order valence-corrected chi connectivity index (χ3v) is 4.54. The molecular formula is C18H17N3O2S. The lowest BCUT2D eigenvalue weighted by atomic mass is 10.1. The smallest absolute Gasteiger partial charge is 0.231 e. The summed E-state index contributed by atoms with van der Waals surface area (Å²) in [5.74, 6) is 2.44. The number of ether oxygens (including phenoxy) is 2. The molecule has 3 aromatic rings. The number of anilines is 1. The first-order chi connectivity index (χ1) is 11.8. The molecule has 0 atom stereocenters. The zero-order valence-corrected chi connectivity index (χ0v) is 14.1. The molecule has 0 saturated carbocycles. The van der Waals surface area contributed by atoms with Crippen LogP contribution in [0.3, 0.4) is 0 Å². The van der Waals surface area contributed by atoms with E-state index < -0.39 is 0 Å². The van der Waals surface area contributed by atoms with Gasteiger partial charge in [0.2, 0.25) is 11.9 Å². The molecule has 0 fully saturated rings. The average Bonchev–Trinajstić information content (AvgIpc) is 3.23. The molecule has 1 N–H and O–H groups in total. The Balaban J connectivity index is 1.37. The Morgan fingerprint density at radius 2 is 1.83 bits per heavy atom. The lowest BCUT2D eigenvalue weighted by Crippen LogP contribution is -1.99. The number of fused-ring (bicyclic) bond motifs is 1. The van der Waals surface area contributed by atoms with Crippen molar-refractivity contribution >= 4 is 16.7 Å². The van der Waals surface area contributed by atoms with Crippen LogP contribution in [0.4, 0.5) is 5.13 Å². The minimum absolute atomic E-state index is 0.297. The highest BCUT2D eigenvalue weighted by Gasteiger charge is 2.13. The molecule has 6 heteroatoms. The van der Waals surface area contributed by atoms with Crippen molar-refractivity contribution in [1.29, 1.82) is 0 Å². The van der Waals surface area contributed by atoms with Crippen molar-refractivity contribution in [2.75, 3.05) is 12.1 Å². The fourth-order valence-corrected chi connectivity index (χ4v) is 3.09. The van der Waals surface area contributed by atoms with E-state index in [1.54, 1.807) is 0 Å². The van der Waals surface area contributed by atoms with E-state index in [9.17, 15) is 0 Å². The summed E-state index contributed by atoms with van der Waals surface area (Å²) in [5.41, 5.74) is 3.60. The standard InChI is InChI=1S/C18H17N3O2S/c1-12-2-4-13(5-3-12)9-17-20-18(24-21-17)19-10-14-6-7-15-16(8-14)23-11-22-15/h2-8H,9-11H2,1H3,(H,19,20,21).